The molecule has 0 saturated carbocycles. The van der Waals surface area contributed by atoms with Crippen LogP contribution in [0.5, 0.6) is 0 Å². The number of aliphatic carboxylic acids is 1. The van der Waals surface area contributed by atoms with E-state index >= 15 is 0 Å². The molecule has 0 aromatic rings. The third-order valence-corrected chi connectivity index (χ3v) is 1.78. The predicted molar refractivity (Wildman–Crippen MR) is 45.5 cm³/mol. The number of hydrogen-bond donors (Lipinski definition) is 1. The Balaban J connectivity index is 4.34. The van der Waals surface area contributed by atoms with E-state index in [0.29, 0.717) is 6.42 Å². The van der Waals surface area contributed by atoms with Gasteiger partial charge in [0.1, 0.15) is 0 Å². The lowest BCUT2D eigenvalue weighted by molar-refractivity contribution is -0.132. The van der Waals surface area contributed by atoms with Gasteiger partial charge in [0.05, 0.1) is 17.5 Å². The molecule has 76 valence electrons. The average Bonchev–Trinajstić information content (AvgIpc) is 2.02. The van der Waals surface area contributed by atoms with Gasteiger partial charge in [0.2, 0.25) is 0 Å². The van der Waals surface area contributed by atoms with Gasteiger partial charge in [-0.15, -0.1) is 0 Å². The average molecular weight is 207 g/mol. The van der Waals surface area contributed by atoms with Gasteiger partial charge in [0, 0.05) is 5.57 Å². The van der Waals surface area contributed by atoms with Crippen LogP contribution in [-0.2, 0) is 20.3 Å². The van der Waals surface area contributed by atoms with Gasteiger partial charge in [0.25, 0.3) is 0 Å². The summed E-state index contributed by atoms with van der Waals surface area (Å²) in [5.74, 6) is -1.08. The van der Waals surface area contributed by atoms with Crippen LogP contribution in [0.4, 0.5) is 0 Å². The van der Waals surface area contributed by atoms with E-state index in [1.54, 1.807) is 6.92 Å². The molecule has 0 bridgehead atoms. The number of rotatable bonds is 5. The summed E-state index contributed by atoms with van der Waals surface area (Å²) in [5.41, 5.74) is 0.0669. The van der Waals surface area contributed by atoms with E-state index in [2.05, 4.69) is 4.18 Å². The molecule has 0 amide bonds. The van der Waals surface area contributed by atoms with E-state index in [1.807, 2.05) is 0 Å². The van der Waals surface area contributed by atoms with Gasteiger partial charge in [-0.3, -0.25) is 4.18 Å². The Morgan fingerprint density at radius 1 is 1.77 bits per heavy atom. The van der Waals surface area contributed by atoms with Crippen LogP contribution in [0.15, 0.2) is 11.6 Å². The van der Waals surface area contributed by atoms with Crippen molar-refractivity contribution >= 4 is 17.3 Å². The molecule has 0 heterocycles. The molecule has 1 N–H and O–H groups in total. The van der Waals surface area contributed by atoms with E-state index in [4.69, 9.17) is 5.11 Å². The molecule has 0 aliphatic rings. The van der Waals surface area contributed by atoms with Crippen LogP contribution in [0.25, 0.3) is 0 Å². The highest BCUT2D eigenvalue weighted by atomic mass is 32.2. The van der Waals surface area contributed by atoms with E-state index in [0.717, 1.165) is 0 Å². The first-order valence-corrected chi connectivity index (χ1v) is 4.65. The van der Waals surface area contributed by atoms with Gasteiger partial charge in [0.15, 0.2) is 0 Å². The fourth-order valence-electron chi connectivity index (χ4n) is 0.665. The second kappa shape index (κ2) is 5.85. The van der Waals surface area contributed by atoms with Crippen LogP contribution in [0, 0.1) is 0 Å². The molecule has 6 heteroatoms. The van der Waals surface area contributed by atoms with E-state index in [-0.39, 0.29) is 5.57 Å². The molecular weight excluding hydrogens is 196 g/mol. The molecule has 0 spiro atoms. The molecule has 2 atom stereocenters. The summed E-state index contributed by atoms with van der Waals surface area (Å²) in [6.45, 7) is 3.07. The molecule has 0 aromatic carbocycles. The largest absolute Gasteiger partial charge is 0.750 e. The summed E-state index contributed by atoms with van der Waals surface area (Å²) in [7, 11) is 0. The Morgan fingerprint density at radius 2 is 2.31 bits per heavy atom. The molecular formula is C7H11O5S-. The molecule has 0 radical (unpaired) electrons. The van der Waals surface area contributed by atoms with Gasteiger partial charge < -0.3 is 9.66 Å². The lowest BCUT2D eigenvalue weighted by atomic mass is 10.2. The summed E-state index contributed by atoms with van der Waals surface area (Å²) >= 11 is -2.61. The zero-order chi connectivity index (χ0) is 10.4. The van der Waals surface area contributed by atoms with E-state index < -0.39 is 23.4 Å². The van der Waals surface area contributed by atoms with Crippen molar-refractivity contribution in [3.8, 4) is 0 Å². The lowest BCUT2D eigenvalue weighted by Gasteiger charge is -2.13. The van der Waals surface area contributed by atoms with Crippen molar-refractivity contribution in [2.75, 3.05) is 0 Å². The molecule has 13 heavy (non-hydrogen) atoms. The minimum atomic E-state index is -2.61. The SMILES string of the molecule is CCC(C=C(C)C(=O)O)OS(=O)[O-]. The van der Waals surface area contributed by atoms with E-state index in [1.165, 1.54) is 13.0 Å². The highest BCUT2D eigenvalue weighted by Crippen LogP contribution is 2.05. The van der Waals surface area contributed by atoms with Crippen LogP contribution < -0.4 is 0 Å². The zero-order valence-electron chi connectivity index (χ0n) is 7.35. The maximum absolute atomic E-state index is 10.4. The van der Waals surface area contributed by atoms with Gasteiger partial charge in [-0.2, -0.15) is 0 Å². The third kappa shape index (κ3) is 5.51. The van der Waals surface area contributed by atoms with Crippen LogP contribution in [-0.4, -0.2) is 25.9 Å². The minimum absolute atomic E-state index is 0.0669. The summed E-state index contributed by atoms with van der Waals surface area (Å²) in [5, 5.41) is 8.48. The normalized spacial score (nSPS) is 16.7. The van der Waals surface area contributed by atoms with E-state index in [9.17, 15) is 13.6 Å². The fraction of sp³-hybridized carbons (Fsp3) is 0.571. The van der Waals surface area contributed by atoms with Crippen LogP contribution in [0.3, 0.4) is 0 Å². The highest BCUT2D eigenvalue weighted by Gasteiger charge is 2.07. The number of carboxylic acids is 1. The second-order valence-corrected chi connectivity index (χ2v) is 3.00. The molecule has 0 aromatic heterocycles. The number of hydrogen-bond acceptors (Lipinski definition) is 4. The molecule has 0 fully saturated rings. The standard InChI is InChI=1S/C7H12O5S/c1-3-6(12-13(10)11)4-5(2)7(8)9/h4,6H,3H2,1-2H3,(H,8,9)(H,10,11)/p-1. The Morgan fingerprint density at radius 3 is 2.62 bits per heavy atom. The first kappa shape index (κ1) is 12.3. The summed E-state index contributed by atoms with van der Waals surface area (Å²) in [4.78, 5) is 10.4. The van der Waals surface area contributed by atoms with Gasteiger partial charge >= 0.3 is 5.97 Å². The van der Waals surface area contributed by atoms with Gasteiger partial charge in [-0.05, 0) is 19.4 Å². The molecule has 0 aliphatic heterocycles. The lowest BCUT2D eigenvalue weighted by Crippen LogP contribution is -2.12. The number of carboxylic acid groups (broad SMARTS) is 1. The monoisotopic (exact) mass is 207 g/mol. The van der Waals surface area contributed by atoms with Crippen molar-refractivity contribution < 1.29 is 22.8 Å². The fourth-order valence-corrected chi connectivity index (χ4v) is 1.06. The minimum Gasteiger partial charge on any atom is -0.750 e. The Hall–Kier alpha value is -0.720. The molecule has 5 nitrogen and oxygen atoms in total. The Kier molecular flexibility index (Phi) is 5.52. The quantitative estimate of drug-likeness (QED) is 0.527. The Bertz CT molecular complexity index is 235. The van der Waals surface area contributed by atoms with Gasteiger partial charge in [-0.25, -0.2) is 9.00 Å². The molecule has 0 rings (SSSR count). The van der Waals surface area contributed by atoms with Crippen LogP contribution in [0.1, 0.15) is 20.3 Å². The maximum Gasteiger partial charge on any atom is 0.331 e. The zero-order valence-corrected chi connectivity index (χ0v) is 8.17. The van der Waals surface area contributed by atoms with Crippen molar-refractivity contribution in [1.82, 2.24) is 0 Å². The maximum atomic E-state index is 10.4. The Labute approximate surface area is 78.9 Å². The second-order valence-electron chi connectivity index (χ2n) is 2.40. The predicted octanol–water partition coefficient (Wildman–Crippen LogP) is 0.607. The van der Waals surface area contributed by atoms with Gasteiger partial charge in [-0.1, -0.05) is 6.92 Å². The smallest absolute Gasteiger partial charge is 0.331 e. The summed E-state index contributed by atoms with van der Waals surface area (Å²) in [6.07, 6.45) is 0.964. The van der Waals surface area contributed by atoms with Crippen molar-refractivity contribution in [1.29, 1.82) is 0 Å². The summed E-state index contributed by atoms with van der Waals surface area (Å²) in [6, 6.07) is 0. The topological polar surface area (TPSA) is 86.7 Å². The highest BCUT2D eigenvalue weighted by molar-refractivity contribution is 7.74. The first-order valence-electron chi connectivity index (χ1n) is 3.65. The van der Waals surface area contributed by atoms with Crippen molar-refractivity contribution in [3.05, 3.63) is 11.6 Å². The first-order chi connectivity index (χ1) is 5.97. The van der Waals surface area contributed by atoms with Crippen molar-refractivity contribution in [2.45, 2.75) is 26.4 Å². The molecule has 2 unspecified atom stereocenters. The molecule has 0 saturated heterocycles. The summed E-state index contributed by atoms with van der Waals surface area (Å²) < 4.78 is 24.6. The van der Waals surface area contributed by atoms with Crippen LogP contribution >= 0.6 is 0 Å². The van der Waals surface area contributed by atoms with Crippen molar-refractivity contribution in [3.63, 3.8) is 0 Å². The third-order valence-electron chi connectivity index (χ3n) is 1.38. The number of carbonyl (C=O) groups is 1. The van der Waals surface area contributed by atoms with Crippen LogP contribution in [0.2, 0.25) is 0 Å². The molecule has 0 aliphatic carbocycles. The van der Waals surface area contributed by atoms with Crippen molar-refractivity contribution in [2.24, 2.45) is 0 Å².